The van der Waals surface area contributed by atoms with Crippen LogP contribution in [-0.4, -0.2) is 33.5 Å². The topological polar surface area (TPSA) is 80.1 Å². The molecule has 0 saturated carbocycles. The van der Waals surface area contributed by atoms with Crippen molar-refractivity contribution >= 4 is 22.9 Å². The van der Waals surface area contributed by atoms with Crippen molar-refractivity contribution < 1.29 is 18.0 Å². The molecule has 3 aromatic carbocycles. The largest absolute Gasteiger partial charge is 0.416 e. The maximum atomic E-state index is 13.2. The molecule has 5 aromatic rings. The van der Waals surface area contributed by atoms with E-state index in [-0.39, 0.29) is 18.0 Å². The molecule has 1 N–H and O–H groups in total. The number of benzene rings is 3. The quantitative estimate of drug-likeness (QED) is 0.227. The summed E-state index contributed by atoms with van der Waals surface area (Å²) in [6.45, 7) is 3.64. The van der Waals surface area contributed by atoms with Crippen molar-refractivity contribution in [1.82, 2.24) is 19.9 Å². The predicted octanol–water partition coefficient (Wildman–Crippen LogP) is 6.50. The SMILES string of the molecule is Cc1nc(N2CCC(Cc3ccccc3)CC2)nc2c1ccc(=O)n2-c1ccc(C(=O)NCc2ccc(C(F)(F)F)cc2)cc1. The number of amides is 1. The highest BCUT2D eigenvalue weighted by Gasteiger charge is 2.30. The lowest BCUT2D eigenvalue weighted by Gasteiger charge is -2.32. The second-order valence-corrected chi connectivity index (χ2v) is 11.4. The van der Waals surface area contributed by atoms with Crippen LogP contribution in [0.4, 0.5) is 19.1 Å². The van der Waals surface area contributed by atoms with Crippen LogP contribution in [-0.2, 0) is 19.1 Å². The first kappa shape index (κ1) is 30.1. The normalized spacial score (nSPS) is 14.1. The Balaban J connectivity index is 1.18. The van der Waals surface area contributed by atoms with Crippen LogP contribution >= 0.6 is 0 Å². The van der Waals surface area contributed by atoms with E-state index in [4.69, 9.17) is 9.97 Å². The van der Waals surface area contributed by atoms with Crippen LogP contribution in [0.3, 0.4) is 0 Å². The van der Waals surface area contributed by atoms with Crippen molar-refractivity contribution in [2.45, 2.75) is 38.9 Å². The molecule has 10 heteroatoms. The van der Waals surface area contributed by atoms with Gasteiger partial charge in [0, 0.05) is 36.7 Å². The Bertz CT molecular complexity index is 1860. The molecule has 0 atom stereocenters. The second kappa shape index (κ2) is 12.6. The average molecular weight is 612 g/mol. The molecule has 0 aliphatic carbocycles. The zero-order valence-electron chi connectivity index (χ0n) is 24.7. The molecule has 1 saturated heterocycles. The number of nitrogens with one attached hydrogen (secondary N) is 1. The third-order valence-electron chi connectivity index (χ3n) is 8.32. The van der Waals surface area contributed by atoms with E-state index in [1.54, 1.807) is 30.3 Å². The molecule has 1 aliphatic heterocycles. The monoisotopic (exact) mass is 611 g/mol. The summed E-state index contributed by atoms with van der Waals surface area (Å²) in [4.78, 5) is 37.8. The van der Waals surface area contributed by atoms with Crippen LogP contribution in [0.5, 0.6) is 0 Å². The number of aromatic nitrogens is 3. The molecule has 0 radical (unpaired) electrons. The molecule has 6 rings (SSSR count). The van der Waals surface area contributed by atoms with Gasteiger partial charge < -0.3 is 10.2 Å². The molecule has 230 valence electrons. The van der Waals surface area contributed by atoms with E-state index in [1.807, 2.05) is 13.0 Å². The van der Waals surface area contributed by atoms with Crippen LogP contribution < -0.4 is 15.8 Å². The van der Waals surface area contributed by atoms with Gasteiger partial charge in [-0.25, -0.2) is 4.98 Å². The van der Waals surface area contributed by atoms with Crippen molar-refractivity contribution in [3.63, 3.8) is 0 Å². The number of nitrogens with zero attached hydrogens (tertiary/aromatic N) is 4. The smallest absolute Gasteiger partial charge is 0.348 e. The summed E-state index contributed by atoms with van der Waals surface area (Å²) >= 11 is 0. The number of anilines is 1. The number of piperidine rings is 1. The zero-order valence-corrected chi connectivity index (χ0v) is 24.7. The number of hydrogen-bond acceptors (Lipinski definition) is 5. The highest BCUT2D eigenvalue weighted by atomic mass is 19.4. The highest BCUT2D eigenvalue weighted by Crippen LogP contribution is 2.29. The second-order valence-electron chi connectivity index (χ2n) is 11.4. The van der Waals surface area contributed by atoms with Gasteiger partial charge in [-0.2, -0.15) is 18.2 Å². The Hall–Kier alpha value is -4.99. The van der Waals surface area contributed by atoms with E-state index in [0.29, 0.717) is 34.3 Å². The fourth-order valence-electron chi connectivity index (χ4n) is 5.78. The molecule has 7 nitrogen and oxygen atoms in total. The predicted molar refractivity (Wildman–Crippen MR) is 168 cm³/mol. The van der Waals surface area contributed by atoms with Gasteiger partial charge in [-0.3, -0.25) is 14.2 Å². The molecular formula is C35H32F3N5O2. The number of fused-ring (bicyclic) bond motifs is 1. The van der Waals surface area contributed by atoms with Gasteiger partial charge in [0.15, 0.2) is 5.65 Å². The summed E-state index contributed by atoms with van der Waals surface area (Å²) < 4.78 is 40.0. The van der Waals surface area contributed by atoms with Gasteiger partial charge in [-0.05, 0) is 85.7 Å². The zero-order chi connectivity index (χ0) is 31.6. The average Bonchev–Trinajstić information content (AvgIpc) is 3.04. The number of halogens is 3. The fourth-order valence-corrected chi connectivity index (χ4v) is 5.78. The minimum atomic E-state index is -4.41. The van der Waals surface area contributed by atoms with Crippen molar-refractivity contribution in [2.75, 3.05) is 18.0 Å². The number of alkyl halides is 3. The first-order chi connectivity index (χ1) is 21.7. The van der Waals surface area contributed by atoms with Crippen molar-refractivity contribution in [2.24, 2.45) is 5.92 Å². The molecule has 0 spiro atoms. The Kier molecular flexibility index (Phi) is 8.38. The lowest BCUT2D eigenvalue weighted by Crippen LogP contribution is -2.35. The Morgan fingerprint density at radius 3 is 2.22 bits per heavy atom. The van der Waals surface area contributed by atoms with E-state index in [0.717, 1.165) is 55.6 Å². The molecule has 1 fully saturated rings. The van der Waals surface area contributed by atoms with Crippen molar-refractivity contribution in [3.05, 3.63) is 129 Å². The van der Waals surface area contributed by atoms with E-state index in [1.165, 1.54) is 28.3 Å². The van der Waals surface area contributed by atoms with Gasteiger partial charge in [0.25, 0.3) is 11.5 Å². The summed E-state index contributed by atoms with van der Waals surface area (Å²) in [6.07, 6.45) is -1.31. The third-order valence-corrected chi connectivity index (χ3v) is 8.32. The molecule has 3 heterocycles. The minimum absolute atomic E-state index is 0.0734. The maximum absolute atomic E-state index is 13.2. The maximum Gasteiger partial charge on any atom is 0.416 e. The molecular weight excluding hydrogens is 579 g/mol. The fraction of sp³-hybridized carbons (Fsp3) is 0.257. The van der Waals surface area contributed by atoms with Gasteiger partial charge in [-0.15, -0.1) is 0 Å². The summed E-state index contributed by atoms with van der Waals surface area (Å²) in [5, 5.41) is 3.49. The molecule has 1 amide bonds. The highest BCUT2D eigenvalue weighted by molar-refractivity contribution is 5.94. The lowest BCUT2D eigenvalue weighted by atomic mass is 9.90. The Morgan fingerprint density at radius 1 is 0.867 bits per heavy atom. The number of aryl methyl sites for hydroxylation is 1. The number of pyridine rings is 1. The number of hydrogen-bond donors (Lipinski definition) is 1. The van der Waals surface area contributed by atoms with Gasteiger partial charge >= 0.3 is 6.18 Å². The first-order valence-corrected chi connectivity index (χ1v) is 14.9. The van der Waals surface area contributed by atoms with Crippen LogP contribution in [0.2, 0.25) is 0 Å². The standard InChI is InChI=1S/C35H32F3N5O2/c1-23-30-15-16-31(44)43(32(30)41-34(40-23)42-19-17-25(18-20-42)21-24-5-3-2-4-6-24)29-13-9-27(10-14-29)33(45)39-22-26-7-11-28(12-8-26)35(36,37)38/h2-16,25H,17-22H2,1H3,(H,39,45). The molecule has 0 bridgehead atoms. The van der Waals surface area contributed by atoms with Crippen molar-refractivity contribution in [1.29, 1.82) is 0 Å². The van der Waals surface area contributed by atoms with E-state index in [9.17, 15) is 22.8 Å². The molecule has 0 unspecified atom stereocenters. The van der Waals surface area contributed by atoms with Gasteiger partial charge in [-0.1, -0.05) is 42.5 Å². The molecule has 2 aromatic heterocycles. The molecule has 1 aliphatic rings. The van der Waals surface area contributed by atoms with E-state index >= 15 is 0 Å². The van der Waals surface area contributed by atoms with Gasteiger partial charge in [0.2, 0.25) is 5.95 Å². The van der Waals surface area contributed by atoms with Gasteiger partial charge in [0.1, 0.15) is 0 Å². The van der Waals surface area contributed by atoms with Crippen molar-refractivity contribution in [3.8, 4) is 5.69 Å². The van der Waals surface area contributed by atoms with E-state index < -0.39 is 11.7 Å². The Labute approximate surface area is 258 Å². The number of carbonyl (C=O) groups is 1. The van der Waals surface area contributed by atoms with Gasteiger partial charge in [0.05, 0.1) is 16.9 Å². The lowest BCUT2D eigenvalue weighted by molar-refractivity contribution is -0.137. The molecule has 45 heavy (non-hydrogen) atoms. The van der Waals surface area contributed by atoms with E-state index in [2.05, 4.69) is 34.5 Å². The summed E-state index contributed by atoms with van der Waals surface area (Å²) in [5.74, 6) is 0.800. The number of rotatable bonds is 7. The summed E-state index contributed by atoms with van der Waals surface area (Å²) in [7, 11) is 0. The summed E-state index contributed by atoms with van der Waals surface area (Å²) in [6, 6.07) is 25.0. The third kappa shape index (κ3) is 6.74. The first-order valence-electron chi connectivity index (χ1n) is 14.9. The van der Waals surface area contributed by atoms with Crippen LogP contribution in [0, 0.1) is 12.8 Å². The Morgan fingerprint density at radius 2 is 1.56 bits per heavy atom. The van der Waals surface area contributed by atoms with Crippen LogP contribution in [0.1, 0.15) is 45.6 Å². The summed E-state index contributed by atoms with van der Waals surface area (Å²) in [5.41, 5.74) is 3.06. The van der Waals surface area contributed by atoms with Crippen LogP contribution in [0.15, 0.2) is 95.8 Å². The minimum Gasteiger partial charge on any atom is -0.348 e. The van der Waals surface area contributed by atoms with Crippen LogP contribution in [0.25, 0.3) is 16.7 Å². The number of carbonyl (C=O) groups excluding carboxylic acids is 1.